The summed E-state index contributed by atoms with van der Waals surface area (Å²) in [6.45, 7) is 8.68. The van der Waals surface area contributed by atoms with E-state index in [0.29, 0.717) is 24.3 Å². The van der Waals surface area contributed by atoms with Gasteiger partial charge in [-0.25, -0.2) is 9.78 Å². The summed E-state index contributed by atoms with van der Waals surface area (Å²) in [5, 5.41) is 4.32. The lowest BCUT2D eigenvalue weighted by molar-refractivity contribution is 0.0519. The maximum atomic E-state index is 11.7. The van der Waals surface area contributed by atoms with Crippen molar-refractivity contribution in [3.63, 3.8) is 0 Å². The molecule has 1 aliphatic carbocycles. The van der Waals surface area contributed by atoms with E-state index in [0.717, 1.165) is 15.9 Å². The Morgan fingerprint density at radius 1 is 1.47 bits per heavy atom. The van der Waals surface area contributed by atoms with E-state index in [1.165, 1.54) is 24.2 Å². The number of hydrogen-bond donors (Lipinski definition) is 1. The van der Waals surface area contributed by atoms with Crippen LogP contribution in [0.25, 0.3) is 0 Å². The van der Waals surface area contributed by atoms with Crippen molar-refractivity contribution < 1.29 is 9.53 Å². The van der Waals surface area contributed by atoms with Crippen LogP contribution in [0.1, 0.15) is 49.0 Å². The summed E-state index contributed by atoms with van der Waals surface area (Å²) >= 11 is 1.54. The molecule has 0 amide bonds. The summed E-state index contributed by atoms with van der Waals surface area (Å²) in [6.07, 6.45) is 2.43. The van der Waals surface area contributed by atoms with Crippen molar-refractivity contribution in [3.8, 4) is 0 Å². The van der Waals surface area contributed by atoms with E-state index in [2.05, 4.69) is 24.1 Å². The fraction of sp³-hybridized carbons (Fsp3) is 0.714. The molecular formula is C14H22N2O2S. The molecule has 0 bridgehead atoms. The first-order valence-corrected chi connectivity index (χ1v) is 7.75. The van der Waals surface area contributed by atoms with Gasteiger partial charge in [-0.05, 0) is 38.5 Å². The highest BCUT2D eigenvalue weighted by Crippen LogP contribution is 2.34. The number of carbonyl (C=O) groups is 1. The largest absolute Gasteiger partial charge is 0.461 e. The van der Waals surface area contributed by atoms with Crippen LogP contribution >= 0.6 is 11.3 Å². The minimum absolute atomic E-state index is 0.322. The number of nitrogens with one attached hydrogen (secondary N) is 1. The molecule has 0 saturated heterocycles. The van der Waals surface area contributed by atoms with Crippen molar-refractivity contribution in [2.45, 2.75) is 46.6 Å². The zero-order chi connectivity index (χ0) is 14.0. The molecule has 1 aliphatic rings. The van der Waals surface area contributed by atoms with Crippen molar-refractivity contribution in [3.05, 3.63) is 10.6 Å². The van der Waals surface area contributed by atoms with Gasteiger partial charge >= 0.3 is 5.97 Å². The number of anilines is 1. The van der Waals surface area contributed by atoms with Crippen molar-refractivity contribution in [2.75, 3.05) is 11.9 Å². The van der Waals surface area contributed by atoms with Crippen molar-refractivity contribution in [2.24, 2.45) is 11.8 Å². The number of hydrogen-bond acceptors (Lipinski definition) is 5. The first kappa shape index (κ1) is 14.3. The Hall–Kier alpha value is -1.10. The third-order valence-electron chi connectivity index (χ3n) is 4.04. The predicted molar refractivity (Wildman–Crippen MR) is 77.8 cm³/mol. The third kappa shape index (κ3) is 3.08. The Balaban J connectivity index is 2.06. The average molecular weight is 282 g/mol. The quantitative estimate of drug-likeness (QED) is 0.859. The number of nitrogens with zero attached hydrogens (tertiary/aromatic N) is 1. The Labute approximate surface area is 118 Å². The first-order chi connectivity index (χ1) is 9.02. The van der Waals surface area contributed by atoms with Crippen LogP contribution in [0.3, 0.4) is 0 Å². The summed E-state index contributed by atoms with van der Waals surface area (Å²) < 4.78 is 5.01. The van der Waals surface area contributed by atoms with Crippen LogP contribution in [0.5, 0.6) is 0 Å². The molecule has 1 saturated carbocycles. The Morgan fingerprint density at radius 3 is 2.79 bits per heavy atom. The smallest absolute Gasteiger partial charge is 0.358 e. The first-order valence-electron chi connectivity index (χ1n) is 6.94. The molecule has 106 valence electrons. The second-order valence-electron chi connectivity index (χ2n) is 5.31. The minimum Gasteiger partial charge on any atom is -0.461 e. The van der Waals surface area contributed by atoms with Crippen LogP contribution in [0.4, 0.5) is 5.13 Å². The molecular weight excluding hydrogens is 260 g/mol. The lowest BCUT2D eigenvalue weighted by Crippen LogP contribution is -2.23. The van der Waals surface area contributed by atoms with Crippen LogP contribution in [0.2, 0.25) is 0 Å². The lowest BCUT2D eigenvalue weighted by atomic mass is 9.98. The highest BCUT2D eigenvalue weighted by atomic mass is 32.1. The normalized spacial score (nSPS) is 26.4. The van der Waals surface area contributed by atoms with Crippen molar-refractivity contribution in [1.29, 1.82) is 0 Å². The van der Waals surface area contributed by atoms with Crippen LogP contribution in [-0.2, 0) is 4.74 Å². The number of thiazole rings is 1. The molecule has 5 heteroatoms. The van der Waals surface area contributed by atoms with E-state index >= 15 is 0 Å². The van der Waals surface area contributed by atoms with Gasteiger partial charge in [0.15, 0.2) is 10.8 Å². The van der Waals surface area contributed by atoms with E-state index in [1.54, 1.807) is 6.92 Å². The molecule has 4 nitrogen and oxygen atoms in total. The molecule has 3 unspecified atom stereocenters. The summed E-state index contributed by atoms with van der Waals surface area (Å²) in [5.41, 5.74) is 0.452. The second kappa shape index (κ2) is 5.90. The molecule has 1 fully saturated rings. The van der Waals surface area contributed by atoms with Crippen molar-refractivity contribution >= 4 is 22.4 Å². The maximum Gasteiger partial charge on any atom is 0.358 e. The van der Waals surface area contributed by atoms with E-state index in [9.17, 15) is 4.79 Å². The molecule has 1 aromatic rings. The van der Waals surface area contributed by atoms with Crippen molar-refractivity contribution in [1.82, 2.24) is 4.98 Å². The fourth-order valence-electron chi connectivity index (χ4n) is 2.57. The summed E-state index contributed by atoms with van der Waals surface area (Å²) in [4.78, 5) is 17.0. The van der Waals surface area contributed by atoms with Gasteiger partial charge in [0.2, 0.25) is 0 Å². The number of aryl methyl sites for hydroxylation is 1. The van der Waals surface area contributed by atoms with Gasteiger partial charge in [0.1, 0.15) is 0 Å². The van der Waals surface area contributed by atoms with Gasteiger partial charge in [-0.15, -0.1) is 11.3 Å². The van der Waals surface area contributed by atoms with Gasteiger partial charge in [-0.3, -0.25) is 0 Å². The molecule has 1 heterocycles. The molecule has 1 aromatic heterocycles. The van der Waals surface area contributed by atoms with Gasteiger partial charge in [-0.2, -0.15) is 0 Å². The Kier molecular flexibility index (Phi) is 4.45. The zero-order valence-electron chi connectivity index (χ0n) is 12.0. The molecule has 0 spiro atoms. The van der Waals surface area contributed by atoms with Crippen LogP contribution in [-0.4, -0.2) is 23.6 Å². The van der Waals surface area contributed by atoms with E-state index in [-0.39, 0.29) is 5.97 Å². The Morgan fingerprint density at radius 2 is 2.21 bits per heavy atom. The van der Waals surface area contributed by atoms with Gasteiger partial charge in [0.05, 0.1) is 6.61 Å². The SMILES string of the molecule is CCOC(=O)c1nc(NC2CCC(C)C2C)sc1C. The van der Waals surface area contributed by atoms with Crippen LogP contribution in [0.15, 0.2) is 0 Å². The highest BCUT2D eigenvalue weighted by Gasteiger charge is 2.30. The fourth-order valence-corrected chi connectivity index (χ4v) is 3.44. The summed E-state index contributed by atoms with van der Waals surface area (Å²) in [6, 6.07) is 0.468. The van der Waals surface area contributed by atoms with Gasteiger partial charge in [-0.1, -0.05) is 13.8 Å². The third-order valence-corrected chi connectivity index (χ3v) is 4.94. The van der Waals surface area contributed by atoms with E-state index in [4.69, 9.17) is 4.74 Å². The number of ether oxygens (including phenoxy) is 1. The molecule has 2 rings (SSSR count). The standard InChI is InChI=1S/C14H22N2O2S/c1-5-18-13(17)12-10(4)19-14(16-12)15-11-7-6-8(2)9(11)3/h8-9,11H,5-7H2,1-4H3,(H,15,16). The molecule has 0 aromatic carbocycles. The highest BCUT2D eigenvalue weighted by molar-refractivity contribution is 7.15. The number of esters is 1. The number of carbonyl (C=O) groups excluding carboxylic acids is 1. The van der Waals surface area contributed by atoms with E-state index in [1.807, 2.05) is 6.92 Å². The van der Waals surface area contributed by atoms with E-state index < -0.39 is 0 Å². The van der Waals surface area contributed by atoms with Gasteiger partial charge < -0.3 is 10.1 Å². The predicted octanol–water partition coefficient (Wildman–Crippen LogP) is 3.47. The molecule has 0 radical (unpaired) electrons. The summed E-state index contributed by atoms with van der Waals surface area (Å²) in [5.74, 6) is 1.08. The van der Waals surface area contributed by atoms with Crippen LogP contribution in [0, 0.1) is 18.8 Å². The van der Waals surface area contributed by atoms with Gasteiger partial charge in [0.25, 0.3) is 0 Å². The monoisotopic (exact) mass is 282 g/mol. The topological polar surface area (TPSA) is 51.2 Å². The lowest BCUT2D eigenvalue weighted by Gasteiger charge is -2.18. The molecule has 1 N–H and O–H groups in total. The van der Waals surface area contributed by atoms with Gasteiger partial charge in [0, 0.05) is 10.9 Å². The van der Waals surface area contributed by atoms with Crippen LogP contribution < -0.4 is 5.32 Å². The molecule has 19 heavy (non-hydrogen) atoms. The number of aromatic nitrogens is 1. The Bertz CT molecular complexity index is 458. The number of rotatable bonds is 4. The zero-order valence-corrected chi connectivity index (χ0v) is 12.8. The second-order valence-corrected chi connectivity index (χ2v) is 6.51. The maximum absolute atomic E-state index is 11.7. The minimum atomic E-state index is -0.322. The molecule has 3 atom stereocenters. The summed E-state index contributed by atoms with van der Waals surface area (Å²) in [7, 11) is 0. The molecule has 0 aliphatic heterocycles. The average Bonchev–Trinajstić information content (AvgIpc) is 2.87.